The molecule has 1 aliphatic rings. The first-order valence-corrected chi connectivity index (χ1v) is 11.9. The summed E-state index contributed by atoms with van der Waals surface area (Å²) in [6.45, 7) is 15.4. The number of aldehydes is 1. The number of ether oxygens (including phenoxy) is 2. The summed E-state index contributed by atoms with van der Waals surface area (Å²) in [5.41, 5.74) is 0.941. The monoisotopic (exact) mass is 356 g/mol. The zero-order valence-electron chi connectivity index (χ0n) is 16.7. The highest BCUT2D eigenvalue weighted by Gasteiger charge is 2.42. The van der Waals surface area contributed by atoms with Gasteiger partial charge in [-0.05, 0) is 49.5 Å². The molecule has 4 nitrogen and oxygen atoms in total. The van der Waals surface area contributed by atoms with E-state index in [0.717, 1.165) is 31.1 Å². The summed E-state index contributed by atoms with van der Waals surface area (Å²) in [6, 6.07) is 0. The first kappa shape index (κ1) is 21.5. The third kappa shape index (κ3) is 5.79. The number of allylic oxidation sites excluding steroid dienone is 1. The maximum Gasteiger partial charge on any atom is 0.195 e. The topological polar surface area (TPSA) is 44.8 Å². The van der Waals surface area contributed by atoms with E-state index in [1.807, 2.05) is 6.92 Å². The minimum absolute atomic E-state index is 0.0814. The van der Waals surface area contributed by atoms with E-state index in [1.165, 1.54) is 0 Å². The van der Waals surface area contributed by atoms with Crippen molar-refractivity contribution < 1.29 is 18.7 Å². The number of carbonyl (C=O) groups excluding carboxylic acids is 1. The Morgan fingerprint density at radius 2 is 1.96 bits per heavy atom. The zero-order valence-corrected chi connectivity index (χ0v) is 17.7. The lowest BCUT2D eigenvalue weighted by atomic mass is 9.94. The Morgan fingerprint density at radius 1 is 1.33 bits per heavy atom. The van der Waals surface area contributed by atoms with Gasteiger partial charge in [0.2, 0.25) is 0 Å². The molecule has 0 radical (unpaired) electrons. The third-order valence-electron chi connectivity index (χ3n) is 5.55. The summed E-state index contributed by atoms with van der Waals surface area (Å²) in [5, 5.41) is 0.168. The molecule has 1 saturated heterocycles. The molecule has 0 bridgehead atoms. The van der Waals surface area contributed by atoms with Crippen molar-refractivity contribution in [2.75, 3.05) is 7.11 Å². The van der Waals surface area contributed by atoms with Gasteiger partial charge in [0, 0.05) is 19.4 Å². The van der Waals surface area contributed by atoms with Crippen LogP contribution >= 0.6 is 0 Å². The molecule has 0 unspecified atom stereocenters. The highest BCUT2D eigenvalue weighted by molar-refractivity contribution is 6.74. The fraction of sp³-hybridized carbons (Fsp3) is 0.842. The molecule has 1 rings (SSSR count). The van der Waals surface area contributed by atoms with Crippen LogP contribution in [0.1, 0.15) is 53.9 Å². The summed E-state index contributed by atoms with van der Waals surface area (Å²) in [4.78, 5) is 10.7. The van der Waals surface area contributed by atoms with Crippen LogP contribution in [0.5, 0.6) is 0 Å². The molecule has 1 aliphatic heterocycles. The standard InChI is InChI=1S/C19H36O4Si/c1-14(11-12-20)17(21-6)13-16-10-9-15(2)18(22-16)23-24(7,8)19(3,4)5/h11-12,15-18H,9-10,13H2,1-8H3/b14-11+/t15-,16+,17+,18+/m1/s1. The van der Waals surface area contributed by atoms with Crippen LogP contribution in [0.25, 0.3) is 0 Å². The summed E-state index contributed by atoms with van der Waals surface area (Å²) < 4.78 is 18.4. The van der Waals surface area contributed by atoms with Crippen molar-refractivity contribution in [1.82, 2.24) is 0 Å². The fourth-order valence-corrected chi connectivity index (χ4v) is 3.90. The van der Waals surface area contributed by atoms with E-state index in [-0.39, 0.29) is 23.5 Å². The number of hydrogen-bond donors (Lipinski definition) is 0. The summed E-state index contributed by atoms with van der Waals surface area (Å²) in [7, 11) is -0.178. The lowest BCUT2D eigenvalue weighted by molar-refractivity contribution is -0.186. The van der Waals surface area contributed by atoms with Gasteiger partial charge in [0.05, 0.1) is 12.2 Å². The molecule has 1 fully saturated rings. The van der Waals surface area contributed by atoms with E-state index in [9.17, 15) is 4.79 Å². The number of hydrogen-bond acceptors (Lipinski definition) is 4. The predicted octanol–water partition coefficient (Wildman–Crippen LogP) is 4.70. The molecule has 0 aromatic carbocycles. The van der Waals surface area contributed by atoms with Gasteiger partial charge in [-0.15, -0.1) is 0 Å². The molecule has 0 aromatic rings. The Kier molecular flexibility index (Phi) is 7.85. The lowest BCUT2D eigenvalue weighted by Gasteiger charge is -2.44. The molecule has 24 heavy (non-hydrogen) atoms. The molecule has 0 aliphatic carbocycles. The molecule has 0 spiro atoms. The molecule has 4 atom stereocenters. The van der Waals surface area contributed by atoms with Crippen LogP contribution in [0.3, 0.4) is 0 Å². The van der Waals surface area contributed by atoms with Crippen molar-refractivity contribution in [2.45, 2.75) is 90.5 Å². The van der Waals surface area contributed by atoms with Crippen molar-refractivity contribution >= 4 is 14.6 Å². The summed E-state index contributed by atoms with van der Waals surface area (Å²) in [6.07, 6.45) is 5.13. The third-order valence-corrected chi connectivity index (χ3v) is 9.99. The van der Waals surface area contributed by atoms with Gasteiger partial charge in [-0.2, -0.15) is 0 Å². The second kappa shape index (κ2) is 8.74. The first-order valence-electron chi connectivity index (χ1n) is 9.00. The largest absolute Gasteiger partial charge is 0.392 e. The molecular formula is C19H36O4Si. The van der Waals surface area contributed by atoms with Crippen LogP contribution < -0.4 is 0 Å². The van der Waals surface area contributed by atoms with Gasteiger partial charge in [0.25, 0.3) is 0 Å². The number of methoxy groups -OCH3 is 1. The van der Waals surface area contributed by atoms with Crippen LogP contribution in [0.15, 0.2) is 11.6 Å². The average Bonchev–Trinajstić information content (AvgIpc) is 2.46. The van der Waals surface area contributed by atoms with Crippen molar-refractivity contribution in [3.63, 3.8) is 0 Å². The Morgan fingerprint density at radius 3 is 2.46 bits per heavy atom. The van der Waals surface area contributed by atoms with E-state index >= 15 is 0 Å². The van der Waals surface area contributed by atoms with Gasteiger partial charge in [-0.3, -0.25) is 4.79 Å². The second-order valence-electron chi connectivity index (χ2n) is 8.57. The van der Waals surface area contributed by atoms with Crippen LogP contribution in [-0.2, 0) is 18.7 Å². The van der Waals surface area contributed by atoms with E-state index in [1.54, 1.807) is 13.2 Å². The Balaban J connectivity index is 2.75. The van der Waals surface area contributed by atoms with Gasteiger partial charge >= 0.3 is 0 Å². The molecule has 140 valence electrons. The highest BCUT2D eigenvalue weighted by atomic mass is 28.4. The molecule has 0 amide bonds. The Bertz CT molecular complexity index is 439. The van der Waals surface area contributed by atoms with Crippen LogP contribution in [-0.4, -0.2) is 40.2 Å². The van der Waals surface area contributed by atoms with E-state index in [2.05, 4.69) is 40.8 Å². The van der Waals surface area contributed by atoms with Crippen molar-refractivity contribution in [3.8, 4) is 0 Å². The molecular weight excluding hydrogens is 320 g/mol. The minimum atomic E-state index is -1.86. The molecule has 0 aromatic heterocycles. The molecule has 5 heteroatoms. The van der Waals surface area contributed by atoms with Crippen LogP contribution in [0.2, 0.25) is 18.1 Å². The van der Waals surface area contributed by atoms with Gasteiger partial charge in [-0.1, -0.05) is 27.7 Å². The summed E-state index contributed by atoms with van der Waals surface area (Å²) in [5.74, 6) is 0.406. The maximum atomic E-state index is 10.7. The predicted molar refractivity (Wildman–Crippen MR) is 101 cm³/mol. The van der Waals surface area contributed by atoms with Gasteiger partial charge in [0.15, 0.2) is 14.6 Å². The first-order chi connectivity index (χ1) is 11.0. The molecule has 0 saturated carbocycles. The van der Waals surface area contributed by atoms with E-state index in [0.29, 0.717) is 5.92 Å². The zero-order chi connectivity index (χ0) is 18.5. The van der Waals surface area contributed by atoms with Gasteiger partial charge < -0.3 is 13.9 Å². The summed E-state index contributed by atoms with van der Waals surface area (Å²) >= 11 is 0. The number of carbonyl (C=O) groups is 1. The lowest BCUT2D eigenvalue weighted by Crippen LogP contribution is -2.49. The normalized spacial score (nSPS) is 27.8. The van der Waals surface area contributed by atoms with Crippen molar-refractivity contribution in [1.29, 1.82) is 0 Å². The molecule has 1 heterocycles. The van der Waals surface area contributed by atoms with Crippen LogP contribution in [0.4, 0.5) is 0 Å². The minimum Gasteiger partial charge on any atom is -0.392 e. The molecule has 0 N–H and O–H groups in total. The quantitative estimate of drug-likeness (QED) is 0.377. The fourth-order valence-electron chi connectivity index (χ4n) is 2.68. The highest BCUT2D eigenvalue weighted by Crippen LogP contribution is 2.40. The van der Waals surface area contributed by atoms with Gasteiger partial charge in [0.1, 0.15) is 6.29 Å². The maximum absolute atomic E-state index is 10.7. The van der Waals surface area contributed by atoms with E-state index in [4.69, 9.17) is 13.9 Å². The Hall–Kier alpha value is -0.493. The van der Waals surface area contributed by atoms with Crippen LogP contribution in [0, 0.1) is 5.92 Å². The smallest absolute Gasteiger partial charge is 0.195 e. The van der Waals surface area contributed by atoms with Crippen molar-refractivity contribution in [3.05, 3.63) is 11.6 Å². The average molecular weight is 357 g/mol. The van der Waals surface area contributed by atoms with Crippen molar-refractivity contribution in [2.24, 2.45) is 5.92 Å². The van der Waals surface area contributed by atoms with Gasteiger partial charge in [-0.25, -0.2) is 0 Å². The SMILES string of the molecule is CO[C@@H](C[C@@H]1CC[C@@H](C)[C@H](O[Si](C)(C)C(C)(C)C)O1)/C(C)=C/C=O. The van der Waals surface area contributed by atoms with E-state index < -0.39 is 8.32 Å². The number of rotatable bonds is 7. The second-order valence-corrected chi connectivity index (χ2v) is 13.3. The Labute approximate surface area is 149 Å².